The summed E-state index contributed by atoms with van der Waals surface area (Å²) in [5.74, 6) is 0.586. The molecular weight excluding hydrogens is 344 g/mol. The molecule has 4 nitrogen and oxygen atoms in total. The van der Waals surface area contributed by atoms with E-state index in [2.05, 4.69) is 108 Å². The highest BCUT2D eigenvalue weighted by atomic mass is 15.7. The van der Waals surface area contributed by atoms with Gasteiger partial charge < -0.3 is 0 Å². The third-order valence-electron chi connectivity index (χ3n) is 5.44. The van der Waals surface area contributed by atoms with Crippen LogP contribution in [-0.4, -0.2) is 6.67 Å². The summed E-state index contributed by atoms with van der Waals surface area (Å²) >= 11 is 0. The first-order chi connectivity index (χ1) is 13.7. The first kappa shape index (κ1) is 18.5. The fourth-order valence-corrected chi connectivity index (χ4v) is 3.49. The molecule has 0 spiro atoms. The molecular formula is C24H28N4. The van der Waals surface area contributed by atoms with E-state index in [0.29, 0.717) is 12.6 Å². The molecule has 4 heteroatoms. The fraction of sp³-hybridized carbons (Fsp3) is 0.250. The molecule has 0 amide bonds. The molecule has 144 valence electrons. The number of para-hydroxylation sites is 2. The van der Waals surface area contributed by atoms with Crippen LogP contribution >= 0.6 is 0 Å². The summed E-state index contributed by atoms with van der Waals surface area (Å²) in [6.07, 6.45) is 1.14. The second-order valence-electron chi connectivity index (χ2n) is 7.34. The number of rotatable bonds is 5. The molecule has 0 saturated carbocycles. The van der Waals surface area contributed by atoms with Crippen LogP contribution in [0.25, 0.3) is 0 Å². The molecule has 1 fully saturated rings. The maximum absolute atomic E-state index is 3.63. The number of hydrogen-bond donors (Lipinski definition) is 2. The Morgan fingerprint density at radius 1 is 0.786 bits per heavy atom. The first-order valence-electron chi connectivity index (χ1n) is 10.0. The minimum absolute atomic E-state index is 0.0138. The average molecular weight is 373 g/mol. The number of benzene rings is 3. The molecule has 1 saturated heterocycles. The molecule has 0 bridgehead atoms. The lowest BCUT2D eigenvalue weighted by molar-refractivity contribution is 0.348. The lowest BCUT2D eigenvalue weighted by Gasteiger charge is -2.43. The molecule has 3 aromatic rings. The Morgan fingerprint density at radius 2 is 1.29 bits per heavy atom. The molecule has 1 heterocycles. The predicted octanol–water partition coefficient (Wildman–Crippen LogP) is 5.19. The summed E-state index contributed by atoms with van der Waals surface area (Å²) in [5, 5.41) is 4.38. The van der Waals surface area contributed by atoms with Crippen molar-refractivity contribution in [2.24, 2.45) is 0 Å². The van der Waals surface area contributed by atoms with Crippen molar-refractivity contribution in [3.05, 3.63) is 96.1 Å². The van der Waals surface area contributed by atoms with Gasteiger partial charge in [0.15, 0.2) is 0 Å². The highest BCUT2D eigenvalue weighted by molar-refractivity contribution is 5.51. The van der Waals surface area contributed by atoms with Crippen LogP contribution in [0.1, 0.15) is 43.5 Å². The van der Waals surface area contributed by atoms with E-state index in [1.54, 1.807) is 0 Å². The van der Waals surface area contributed by atoms with Gasteiger partial charge in [0.2, 0.25) is 0 Å². The van der Waals surface area contributed by atoms with Crippen molar-refractivity contribution in [3.63, 3.8) is 0 Å². The van der Waals surface area contributed by atoms with Gasteiger partial charge in [0, 0.05) is 0 Å². The number of hydrogen-bond acceptors (Lipinski definition) is 4. The molecule has 2 N–H and O–H groups in total. The van der Waals surface area contributed by atoms with Gasteiger partial charge in [-0.05, 0) is 47.7 Å². The number of hydrazine groups is 2. The lowest BCUT2D eigenvalue weighted by atomic mass is 9.97. The van der Waals surface area contributed by atoms with Crippen molar-refractivity contribution >= 4 is 11.4 Å². The van der Waals surface area contributed by atoms with Gasteiger partial charge in [0.05, 0.1) is 11.4 Å². The molecule has 1 atom stereocenters. The van der Waals surface area contributed by atoms with E-state index in [9.17, 15) is 0 Å². The lowest BCUT2D eigenvalue weighted by Crippen LogP contribution is -2.62. The van der Waals surface area contributed by atoms with Crippen LogP contribution in [0.15, 0.2) is 84.9 Å². The number of nitrogens with one attached hydrogen (secondary N) is 2. The molecule has 1 aliphatic rings. The third-order valence-corrected chi connectivity index (χ3v) is 5.44. The SMILES string of the molecule is CCC(C)c1ccc(C2NN(c3ccccc3)CN(c3ccccc3)N2)cc1. The van der Waals surface area contributed by atoms with Crippen molar-refractivity contribution < 1.29 is 0 Å². The van der Waals surface area contributed by atoms with Gasteiger partial charge in [-0.15, -0.1) is 0 Å². The predicted molar refractivity (Wildman–Crippen MR) is 117 cm³/mol. The van der Waals surface area contributed by atoms with Crippen LogP contribution in [0, 0.1) is 0 Å². The zero-order valence-corrected chi connectivity index (χ0v) is 16.5. The van der Waals surface area contributed by atoms with Crippen LogP contribution in [-0.2, 0) is 0 Å². The Kier molecular flexibility index (Phi) is 5.60. The van der Waals surface area contributed by atoms with Gasteiger partial charge in [-0.25, -0.2) is 10.9 Å². The molecule has 1 aliphatic heterocycles. The molecule has 0 aliphatic carbocycles. The molecule has 1 unspecified atom stereocenters. The highest BCUT2D eigenvalue weighted by Crippen LogP contribution is 2.25. The minimum atomic E-state index is -0.0138. The number of nitrogens with zero attached hydrogens (tertiary/aromatic N) is 2. The van der Waals surface area contributed by atoms with Gasteiger partial charge in [-0.2, -0.15) is 0 Å². The van der Waals surface area contributed by atoms with E-state index >= 15 is 0 Å². The fourth-order valence-electron chi connectivity index (χ4n) is 3.49. The van der Waals surface area contributed by atoms with E-state index in [1.807, 2.05) is 12.1 Å². The Hall–Kier alpha value is -2.82. The Morgan fingerprint density at radius 3 is 1.75 bits per heavy atom. The third kappa shape index (κ3) is 4.03. The topological polar surface area (TPSA) is 30.5 Å². The van der Waals surface area contributed by atoms with Crippen LogP contribution in [0.3, 0.4) is 0 Å². The van der Waals surface area contributed by atoms with Crippen LogP contribution in [0.4, 0.5) is 11.4 Å². The van der Waals surface area contributed by atoms with Gasteiger partial charge in [-0.1, -0.05) is 74.5 Å². The van der Waals surface area contributed by atoms with Crippen molar-refractivity contribution in [3.8, 4) is 0 Å². The largest absolute Gasteiger partial charge is 0.286 e. The van der Waals surface area contributed by atoms with E-state index in [-0.39, 0.29) is 6.17 Å². The maximum Gasteiger partial charge on any atom is 0.120 e. The monoisotopic (exact) mass is 372 g/mol. The van der Waals surface area contributed by atoms with Gasteiger partial charge in [-0.3, -0.25) is 10.0 Å². The second-order valence-corrected chi connectivity index (χ2v) is 7.34. The summed E-state index contributed by atoms with van der Waals surface area (Å²) in [5.41, 5.74) is 12.2. The Balaban J connectivity index is 1.62. The van der Waals surface area contributed by atoms with Crippen molar-refractivity contribution in [1.82, 2.24) is 10.9 Å². The van der Waals surface area contributed by atoms with Crippen molar-refractivity contribution in [2.75, 3.05) is 16.7 Å². The second kappa shape index (κ2) is 8.46. The van der Waals surface area contributed by atoms with Gasteiger partial charge in [0.25, 0.3) is 0 Å². The first-order valence-corrected chi connectivity index (χ1v) is 10.0. The maximum atomic E-state index is 3.63. The van der Waals surface area contributed by atoms with Crippen molar-refractivity contribution in [2.45, 2.75) is 32.4 Å². The van der Waals surface area contributed by atoms with E-state index in [1.165, 1.54) is 11.1 Å². The van der Waals surface area contributed by atoms with Crippen LogP contribution in [0.5, 0.6) is 0 Å². The summed E-state index contributed by atoms with van der Waals surface area (Å²) in [6, 6.07) is 29.9. The molecule has 4 rings (SSSR count). The van der Waals surface area contributed by atoms with Crippen molar-refractivity contribution in [1.29, 1.82) is 0 Å². The summed E-state index contributed by atoms with van der Waals surface area (Å²) in [6.45, 7) is 5.22. The zero-order valence-electron chi connectivity index (χ0n) is 16.5. The summed E-state index contributed by atoms with van der Waals surface area (Å²) in [4.78, 5) is 0. The normalized spacial score (nSPS) is 16.2. The minimum Gasteiger partial charge on any atom is -0.286 e. The summed E-state index contributed by atoms with van der Waals surface area (Å²) in [7, 11) is 0. The van der Waals surface area contributed by atoms with Crippen LogP contribution < -0.4 is 20.9 Å². The molecule has 0 aromatic heterocycles. The number of anilines is 2. The Bertz CT molecular complexity index is 817. The molecule has 0 radical (unpaired) electrons. The van der Waals surface area contributed by atoms with E-state index < -0.39 is 0 Å². The Labute approximate surface area is 167 Å². The highest BCUT2D eigenvalue weighted by Gasteiger charge is 2.26. The quantitative estimate of drug-likeness (QED) is 0.645. The molecule has 3 aromatic carbocycles. The van der Waals surface area contributed by atoms with Crippen LogP contribution in [0.2, 0.25) is 0 Å². The standard InChI is InChI=1S/C24H28N4/c1-3-19(2)20-14-16-21(17-15-20)24-25-27(22-10-6-4-7-11-22)18-28(26-24)23-12-8-5-9-13-23/h4-17,19,24-26H,3,18H2,1-2H3. The zero-order chi connectivity index (χ0) is 19.3. The van der Waals surface area contributed by atoms with Gasteiger partial charge in [0.1, 0.15) is 12.8 Å². The van der Waals surface area contributed by atoms with E-state index in [0.717, 1.165) is 17.8 Å². The average Bonchev–Trinajstić information content (AvgIpc) is 2.79. The smallest absolute Gasteiger partial charge is 0.120 e. The molecule has 28 heavy (non-hydrogen) atoms. The summed E-state index contributed by atoms with van der Waals surface area (Å²) < 4.78 is 0. The van der Waals surface area contributed by atoms with Gasteiger partial charge >= 0.3 is 0 Å². The van der Waals surface area contributed by atoms with E-state index in [4.69, 9.17) is 0 Å².